The van der Waals surface area contributed by atoms with Gasteiger partial charge in [-0.3, -0.25) is 19.2 Å². The van der Waals surface area contributed by atoms with Gasteiger partial charge in [-0.05, 0) is 239 Å². The number of esters is 4. The Morgan fingerprint density at radius 2 is 0.786 bits per heavy atom. The average Bonchev–Trinajstić information content (AvgIpc) is 0.767. The number of carbonyl (C=O) groups excluding carboxylic acids is 4. The van der Waals surface area contributed by atoms with Gasteiger partial charge in [0.05, 0.1) is 38.9 Å². The van der Waals surface area contributed by atoms with Gasteiger partial charge in [-0.1, -0.05) is 193 Å². The van der Waals surface area contributed by atoms with Crippen molar-refractivity contribution in [1.29, 1.82) is 0 Å². The van der Waals surface area contributed by atoms with E-state index < -0.39 is 11.9 Å². The molecule has 0 radical (unpaired) electrons. The van der Waals surface area contributed by atoms with Crippen LogP contribution in [0.3, 0.4) is 0 Å². The monoisotopic (exact) mass is 1400 g/mol. The molecule has 1 aliphatic carbocycles. The van der Waals surface area contributed by atoms with Gasteiger partial charge in [-0.2, -0.15) is 0 Å². The standard InChI is InChI=1S/C85H141NO10S2/c1-59(2)23-17-25-61(5)27-19-29-63(7)31-21-48-84(15)50-41-74-69(13)80(65(9)67(11)82(74)95-84)93-78(89)39-37-76(87)91-55-45-71-33-35-72(36-34-71)47-57-97-98-58-54-86-52-43-73(44-53-86)46-56-92-77(88)38-40-79(90)94-81-66(10)68(12)83-75(70(81)14)42-51-85(16,96-83)49-22-32-64(8)30-20-28-62(6)26-18-24-60(3)4/h59-64,71-73H,17-58H2,1-16H3. The van der Waals surface area contributed by atoms with E-state index in [-0.39, 0.29) is 48.8 Å². The Labute approximate surface area is 606 Å². The van der Waals surface area contributed by atoms with Crippen molar-refractivity contribution in [2.45, 2.75) is 347 Å². The summed E-state index contributed by atoms with van der Waals surface area (Å²) >= 11 is 0. The van der Waals surface area contributed by atoms with Crippen LogP contribution < -0.4 is 18.9 Å². The largest absolute Gasteiger partial charge is 0.487 e. The van der Waals surface area contributed by atoms with Crippen LogP contribution in [0.1, 0.15) is 326 Å². The van der Waals surface area contributed by atoms with Crippen LogP contribution >= 0.6 is 21.6 Å². The number of likely N-dealkylation sites (tertiary alicyclic amines) is 1. The number of fused-ring (bicyclic) bond motifs is 2. The molecule has 6 atom stereocenters. The first kappa shape index (κ1) is 83.5. The molecule has 4 aliphatic rings. The summed E-state index contributed by atoms with van der Waals surface area (Å²) in [6.45, 7) is 39.9. The van der Waals surface area contributed by atoms with Gasteiger partial charge in [0.2, 0.25) is 0 Å². The van der Waals surface area contributed by atoms with E-state index in [0.29, 0.717) is 36.5 Å². The molecule has 0 bridgehead atoms. The van der Waals surface area contributed by atoms with E-state index in [4.69, 9.17) is 28.4 Å². The topological polar surface area (TPSA) is 127 Å². The van der Waals surface area contributed by atoms with Gasteiger partial charge in [0.1, 0.15) is 34.2 Å². The van der Waals surface area contributed by atoms with Crippen LogP contribution in [-0.2, 0) is 41.5 Å². The smallest absolute Gasteiger partial charge is 0.311 e. The lowest BCUT2D eigenvalue weighted by Crippen LogP contribution is -2.37. The summed E-state index contributed by atoms with van der Waals surface area (Å²) in [6.07, 6.45) is 36.9. The van der Waals surface area contributed by atoms with E-state index in [2.05, 4.69) is 88.0 Å². The maximum Gasteiger partial charge on any atom is 0.311 e. The summed E-state index contributed by atoms with van der Waals surface area (Å²) in [5, 5.41) is 0. The Balaban J connectivity index is 0.740. The van der Waals surface area contributed by atoms with Crippen molar-refractivity contribution in [3.8, 4) is 23.0 Å². The molecule has 3 heterocycles. The van der Waals surface area contributed by atoms with Crippen molar-refractivity contribution >= 4 is 45.5 Å². The van der Waals surface area contributed by atoms with Crippen LogP contribution in [0.2, 0.25) is 0 Å². The van der Waals surface area contributed by atoms with Crippen molar-refractivity contribution in [2.75, 3.05) is 44.4 Å². The highest BCUT2D eigenvalue weighted by atomic mass is 33.1. The van der Waals surface area contributed by atoms with Crippen molar-refractivity contribution in [1.82, 2.24) is 4.90 Å². The Kier molecular flexibility index (Phi) is 36.6. The molecule has 6 unspecified atom stereocenters. The molecule has 98 heavy (non-hydrogen) atoms. The second kappa shape index (κ2) is 43.0. The Hall–Kier alpha value is -3.42. The molecule has 6 rings (SSSR count). The van der Waals surface area contributed by atoms with Crippen LogP contribution in [0, 0.1) is 94.8 Å². The fourth-order valence-electron chi connectivity index (χ4n) is 16.2. The summed E-state index contributed by atoms with van der Waals surface area (Å²) in [4.78, 5) is 54.6. The lowest BCUT2D eigenvalue weighted by Gasteiger charge is -2.38. The van der Waals surface area contributed by atoms with Gasteiger partial charge in [0, 0.05) is 29.2 Å². The minimum Gasteiger partial charge on any atom is -0.487 e. The summed E-state index contributed by atoms with van der Waals surface area (Å²) < 4.78 is 37.0. The van der Waals surface area contributed by atoms with E-state index in [0.717, 1.165) is 187 Å². The third kappa shape index (κ3) is 29.0. The van der Waals surface area contributed by atoms with Crippen LogP contribution in [0.25, 0.3) is 0 Å². The second-order valence-corrected chi connectivity index (χ2v) is 36.1. The van der Waals surface area contributed by atoms with Crippen LogP contribution in [0.5, 0.6) is 23.0 Å². The summed E-state index contributed by atoms with van der Waals surface area (Å²) in [5.41, 5.74) is 7.74. The van der Waals surface area contributed by atoms with Crippen molar-refractivity contribution in [3.63, 3.8) is 0 Å². The molecule has 2 aromatic carbocycles. The molecule has 0 spiro atoms. The lowest BCUT2D eigenvalue weighted by atomic mass is 9.79. The molecule has 11 nitrogen and oxygen atoms in total. The van der Waals surface area contributed by atoms with E-state index in [1.165, 1.54) is 141 Å². The number of piperidine rings is 1. The van der Waals surface area contributed by atoms with E-state index in [1.54, 1.807) is 0 Å². The molecular weight excluding hydrogens is 1260 g/mol. The normalized spacial score (nSPS) is 21.0. The zero-order chi connectivity index (χ0) is 71.4. The third-order valence-electron chi connectivity index (χ3n) is 23.6. The van der Waals surface area contributed by atoms with Gasteiger partial charge < -0.3 is 33.3 Å². The maximum absolute atomic E-state index is 13.2. The van der Waals surface area contributed by atoms with E-state index in [9.17, 15) is 19.2 Å². The minimum atomic E-state index is -0.402. The number of benzene rings is 2. The first-order valence-corrected chi connectivity index (χ1v) is 42.5. The first-order chi connectivity index (χ1) is 46.7. The second-order valence-electron chi connectivity index (χ2n) is 33.4. The number of hydrogen-bond acceptors (Lipinski definition) is 13. The van der Waals surface area contributed by atoms with Gasteiger partial charge in [-0.25, -0.2) is 0 Å². The van der Waals surface area contributed by atoms with Crippen molar-refractivity contribution in [3.05, 3.63) is 44.5 Å². The molecule has 1 saturated heterocycles. The number of carbonyl (C=O) groups is 4. The Morgan fingerprint density at radius 1 is 0.439 bits per heavy atom. The van der Waals surface area contributed by atoms with Gasteiger partial charge in [0.25, 0.3) is 0 Å². The summed E-state index contributed by atoms with van der Waals surface area (Å²) in [5.74, 6) is 10.7. The van der Waals surface area contributed by atoms with Crippen molar-refractivity contribution in [2.24, 2.45) is 53.3 Å². The quantitative estimate of drug-likeness (QED) is 0.0270. The zero-order valence-corrected chi connectivity index (χ0v) is 66.9. The molecule has 0 aromatic heterocycles. The van der Waals surface area contributed by atoms with Gasteiger partial charge in [0.15, 0.2) is 0 Å². The molecular formula is C85H141NO10S2. The first-order valence-electron chi connectivity index (χ1n) is 40.0. The van der Waals surface area contributed by atoms with E-state index in [1.807, 2.05) is 49.3 Å². The molecule has 2 aromatic rings. The Bertz CT molecular complexity index is 2560. The maximum atomic E-state index is 13.2. The molecule has 0 N–H and O–H groups in total. The number of nitrogens with zero attached hydrogens (tertiary/aromatic N) is 1. The predicted molar refractivity (Wildman–Crippen MR) is 410 cm³/mol. The number of ether oxygens (including phenoxy) is 6. The number of hydrogen-bond donors (Lipinski definition) is 0. The van der Waals surface area contributed by atoms with Crippen LogP contribution in [-0.4, -0.2) is 84.3 Å². The SMILES string of the molecule is Cc1c(C)c2c(c(C)c1OC(=O)CCC(=O)OCCC1CCC(CCSSCCN3CCC(CCOC(=O)CCC(=O)Oc4c(C)c(C)c5c(c4C)CCC(C)(CCCC(C)CCCC(C)CCCC(C)C)O5)CC3)CC1)CCC(C)(CCCC(C)CCCC(C)CCCC(C)C)O2. The van der Waals surface area contributed by atoms with Gasteiger partial charge >= 0.3 is 23.9 Å². The molecule has 13 heteroatoms. The third-order valence-corrected chi connectivity index (χ3v) is 26.0. The van der Waals surface area contributed by atoms with Crippen molar-refractivity contribution < 1.29 is 47.6 Å². The van der Waals surface area contributed by atoms with Crippen LogP contribution in [0.4, 0.5) is 0 Å². The lowest BCUT2D eigenvalue weighted by molar-refractivity contribution is -0.147. The fraction of sp³-hybridized carbons (Fsp3) is 0.812. The van der Waals surface area contributed by atoms with Crippen LogP contribution in [0.15, 0.2) is 0 Å². The summed E-state index contributed by atoms with van der Waals surface area (Å²) in [7, 11) is 4.02. The van der Waals surface area contributed by atoms with E-state index >= 15 is 0 Å². The molecule has 3 aliphatic heterocycles. The highest BCUT2D eigenvalue weighted by molar-refractivity contribution is 8.76. The fourth-order valence-corrected chi connectivity index (χ4v) is 18.4. The minimum absolute atomic E-state index is 0.00203. The Morgan fingerprint density at radius 3 is 1.18 bits per heavy atom. The predicted octanol–water partition coefficient (Wildman–Crippen LogP) is 22.8. The number of rotatable bonds is 45. The molecule has 558 valence electrons. The summed E-state index contributed by atoms with van der Waals surface area (Å²) in [6, 6.07) is 0. The molecule has 1 saturated carbocycles. The zero-order valence-electron chi connectivity index (χ0n) is 65.2. The highest BCUT2D eigenvalue weighted by Crippen LogP contribution is 2.47. The average molecular weight is 1400 g/mol. The molecule has 0 amide bonds. The molecule has 2 fully saturated rings. The highest BCUT2D eigenvalue weighted by Gasteiger charge is 2.37. The van der Waals surface area contributed by atoms with Gasteiger partial charge in [-0.15, -0.1) is 0 Å².